The molecule has 0 spiro atoms. The summed E-state index contributed by atoms with van der Waals surface area (Å²) in [6.07, 6.45) is 0. The van der Waals surface area contributed by atoms with Crippen molar-refractivity contribution in [3.63, 3.8) is 0 Å². The molecule has 0 aliphatic heterocycles. The maximum Gasteiger partial charge on any atom is 0.254 e. The Balaban J connectivity index is 2.20. The highest BCUT2D eigenvalue weighted by Gasteiger charge is 2.17. The number of hydrogen-bond acceptors (Lipinski definition) is 3. The molecule has 3 nitrogen and oxygen atoms in total. The van der Waals surface area contributed by atoms with Gasteiger partial charge in [-0.25, -0.2) is 8.78 Å². The van der Waals surface area contributed by atoms with Gasteiger partial charge in [0.1, 0.15) is 17.3 Å². The van der Waals surface area contributed by atoms with Gasteiger partial charge in [0.05, 0.1) is 6.54 Å². The molecule has 0 atom stereocenters. The number of hydrogen-bond donors (Lipinski definition) is 1. The van der Waals surface area contributed by atoms with Crippen LogP contribution >= 0.6 is 11.3 Å². The second kappa shape index (κ2) is 6.00. The van der Waals surface area contributed by atoms with Crippen molar-refractivity contribution in [2.75, 3.05) is 19.4 Å². The molecule has 0 saturated carbocycles. The quantitative estimate of drug-likeness (QED) is 0.938. The molecule has 1 aromatic carbocycles. The van der Waals surface area contributed by atoms with Crippen molar-refractivity contribution in [3.05, 3.63) is 51.7 Å². The van der Waals surface area contributed by atoms with Crippen LogP contribution in [-0.4, -0.2) is 24.9 Å². The van der Waals surface area contributed by atoms with Crippen LogP contribution in [-0.2, 0) is 6.54 Å². The summed E-state index contributed by atoms with van der Waals surface area (Å²) in [7, 11) is 3.02. The minimum Gasteiger partial charge on any atom is -0.383 e. The number of amides is 1. The monoisotopic (exact) mass is 296 g/mol. The maximum absolute atomic E-state index is 13.6. The Bertz CT molecular complexity index is 591. The van der Waals surface area contributed by atoms with Crippen LogP contribution in [0.1, 0.15) is 15.2 Å². The summed E-state index contributed by atoms with van der Waals surface area (Å²) in [6, 6.07) is 5.88. The number of rotatable bonds is 4. The third-order valence-corrected chi connectivity index (χ3v) is 3.72. The predicted molar refractivity (Wildman–Crippen MR) is 76.0 cm³/mol. The number of benzene rings is 1. The van der Waals surface area contributed by atoms with E-state index in [0.717, 1.165) is 17.0 Å². The average Bonchev–Trinajstić information content (AvgIpc) is 2.90. The van der Waals surface area contributed by atoms with Crippen molar-refractivity contribution in [1.29, 1.82) is 0 Å². The summed E-state index contributed by atoms with van der Waals surface area (Å²) in [5.41, 5.74) is -0.236. The van der Waals surface area contributed by atoms with Gasteiger partial charge in [-0.05, 0) is 23.6 Å². The van der Waals surface area contributed by atoms with Gasteiger partial charge < -0.3 is 10.2 Å². The highest BCUT2D eigenvalue weighted by atomic mass is 32.1. The van der Waals surface area contributed by atoms with E-state index in [0.29, 0.717) is 6.54 Å². The molecule has 2 rings (SSSR count). The number of nitrogens with one attached hydrogen (secondary N) is 1. The third kappa shape index (κ3) is 2.96. The molecule has 1 heterocycles. The zero-order chi connectivity index (χ0) is 14.7. The van der Waals surface area contributed by atoms with Crippen molar-refractivity contribution in [3.8, 4) is 0 Å². The van der Waals surface area contributed by atoms with Gasteiger partial charge in [-0.3, -0.25) is 4.79 Å². The summed E-state index contributed by atoms with van der Waals surface area (Å²) in [5.74, 6) is -1.97. The highest BCUT2D eigenvalue weighted by molar-refractivity contribution is 7.09. The van der Waals surface area contributed by atoms with Crippen molar-refractivity contribution >= 4 is 22.9 Å². The lowest BCUT2D eigenvalue weighted by atomic mass is 10.1. The molecular weight excluding hydrogens is 282 g/mol. The number of nitrogens with zero attached hydrogens (tertiary/aromatic N) is 1. The standard InChI is InChI=1S/C14H14F2N2OS/c1-17-13-11(15)6-9(7-12(13)16)14(19)18(2)8-10-4-3-5-20-10/h3-7,17H,8H2,1-2H3. The van der Waals surface area contributed by atoms with Crippen LogP contribution in [0.5, 0.6) is 0 Å². The zero-order valence-corrected chi connectivity index (χ0v) is 11.9. The molecule has 0 unspecified atom stereocenters. The Labute approximate surface area is 119 Å². The van der Waals surface area contributed by atoms with E-state index in [4.69, 9.17) is 0 Å². The lowest BCUT2D eigenvalue weighted by molar-refractivity contribution is 0.0785. The first kappa shape index (κ1) is 14.5. The predicted octanol–water partition coefficient (Wildman–Crippen LogP) is 3.34. The van der Waals surface area contributed by atoms with Crippen molar-refractivity contribution in [2.24, 2.45) is 0 Å². The minimum atomic E-state index is -0.777. The summed E-state index contributed by atoms with van der Waals surface area (Å²) < 4.78 is 27.3. The van der Waals surface area contributed by atoms with E-state index in [1.807, 2.05) is 17.5 Å². The van der Waals surface area contributed by atoms with E-state index in [-0.39, 0.29) is 11.3 Å². The lowest BCUT2D eigenvalue weighted by Crippen LogP contribution is -2.26. The van der Waals surface area contributed by atoms with Gasteiger partial charge in [0.25, 0.3) is 5.91 Å². The molecule has 0 aliphatic rings. The number of thiophene rings is 1. The fourth-order valence-electron chi connectivity index (χ4n) is 1.86. The molecule has 1 amide bonds. The van der Waals surface area contributed by atoms with Gasteiger partial charge >= 0.3 is 0 Å². The van der Waals surface area contributed by atoms with Crippen LogP contribution in [0, 0.1) is 11.6 Å². The van der Waals surface area contributed by atoms with Gasteiger partial charge in [0.15, 0.2) is 0 Å². The molecule has 106 valence electrons. The Morgan fingerprint density at radius 3 is 2.50 bits per heavy atom. The third-order valence-electron chi connectivity index (χ3n) is 2.86. The van der Waals surface area contributed by atoms with E-state index in [9.17, 15) is 13.6 Å². The van der Waals surface area contributed by atoms with Crippen molar-refractivity contribution < 1.29 is 13.6 Å². The smallest absolute Gasteiger partial charge is 0.254 e. The van der Waals surface area contributed by atoms with E-state index in [1.165, 1.54) is 23.3 Å². The Hall–Kier alpha value is -1.95. The summed E-state index contributed by atoms with van der Waals surface area (Å²) in [4.78, 5) is 14.6. The first-order chi connectivity index (χ1) is 9.52. The first-order valence-electron chi connectivity index (χ1n) is 5.97. The number of carbonyl (C=O) groups is 1. The summed E-state index contributed by atoms with van der Waals surface area (Å²) in [6.45, 7) is 0.410. The molecule has 0 fully saturated rings. The topological polar surface area (TPSA) is 32.3 Å². The highest BCUT2D eigenvalue weighted by Crippen LogP contribution is 2.21. The van der Waals surface area contributed by atoms with Crippen LogP contribution < -0.4 is 5.32 Å². The first-order valence-corrected chi connectivity index (χ1v) is 6.85. The largest absolute Gasteiger partial charge is 0.383 e. The normalized spacial score (nSPS) is 10.4. The molecule has 6 heteroatoms. The second-order valence-electron chi connectivity index (χ2n) is 4.31. The van der Waals surface area contributed by atoms with Gasteiger partial charge in [-0.15, -0.1) is 11.3 Å². The number of carbonyl (C=O) groups excluding carboxylic acids is 1. The maximum atomic E-state index is 13.6. The van der Waals surface area contributed by atoms with E-state index in [2.05, 4.69) is 5.32 Å². The molecular formula is C14H14F2N2OS. The molecule has 0 saturated heterocycles. The number of anilines is 1. The van der Waals surface area contributed by atoms with Gasteiger partial charge in [-0.2, -0.15) is 0 Å². The fraction of sp³-hybridized carbons (Fsp3) is 0.214. The van der Waals surface area contributed by atoms with E-state index >= 15 is 0 Å². The summed E-state index contributed by atoms with van der Waals surface area (Å²) >= 11 is 1.52. The van der Waals surface area contributed by atoms with Gasteiger partial charge in [-0.1, -0.05) is 6.07 Å². The molecule has 1 N–H and O–H groups in total. The molecule has 0 radical (unpaired) electrons. The van der Waals surface area contributed by atoms with E-state index < -0.39 is 17.5 Å². The molecule has 1 aromatic heterocycles. The van der Waals surface area contributed by atoms with Crippen LogP contribution in [0.25, 0.3) is 0 Å². The number of halogens is 2. The molecule has 0 bridgehead atoms. The van der Waals surface area contributed by atoms with Crippen LogP contribution in [0.4, 0.5) is 14.5 Å². The van der Waals surface area contributed by atoms with E-state index in [1.54, 1.807) is 7.05 Å². The van der Waals surface area contributed by atoms with Crippen LogP contribution in [0.3, 0.4) is 0 Å². The zero-order valence-electron chi connectivity index (χ0n) is 11.1. The fourth-order valence-corrected chi connectivity index (χ4v) is 2.62. The Morgan fingerprint density at radius 2 is 2.00 bits per heavy atom. The Morgan fingerprint density at radius 1 is 1.35 bits per heavy atom. The van der Waals surface area contributed by atoms with Gasteiger partial charge in [0, 0.05) is 24.5 Å². The summed E-state index contributed by atoms with van der Waals surface area (Å²) in [5, 5.41) is 4.33. The van der Waals surface area contributed by atoms with Crippen LogP contribution in [0.15, 0.2) is 29.6 Å². The molecule has 20 heavy (non-hydrogen) atoms. The van der Waals surface area contributed by atoms with Crippen molar-refractivity contribution in [1.82, 2.24) is 4.90 Å². The van der Waals surface area contributed by atoms with Crippen LogP contribution in [0.2, 0.25) is 0 Å². The Kier molecular flexibility index (Phi) is 4.34. The van der Waals surface area contributed by atoms with Crippen molar-refractivity contribution in [2.45, 2.75) is 6.54 Å². The van der Waals surface area contributed by atoms with Gasteiger partial charge in [0.2, 0.25) is 0 Å². The molecule has 0 aliphatic carbocycles. The second-order valence-corrected chi connectivity index (χ2v) is 5.34. The SMILES string of the molecule is CNc1c(F)cc(C(=O)N(C)Cc2cccs2)cc1F. The minimum absolute atomic E-state index is 0.00180. The molecule has 2 aromatic rings. The lowest BCUT2D eigenvalue weighted by Gasteiger charge is -2.17. The average molecular weight is 296 g/mol.